The number of ether oxygens (including phenoxy) is 3. The number of aromatic nitrogens is 1. The number of carbonyl (C=O) groups is 1. The van der Waals surface area contributed by atoms with E-state index in [1.54, 1.807) is 6.20 Å². The molecule has 0 bridgehead atoms. The van der Waals surface area contributed by atoms with E-state index in [1.807, 2.05) is 47.5 Å². The molecular weight excluding hydrogens is 709 g/mol. The maximum atomic E-state index is 12.8. The van der Waals surface area contributed by atoms with Crippen LogP contribution in [0.25, 0.3) is 11.1 Å². The molecule has 1 saturated heterocycles. The van der Waals surface area contributed by atoms with E-state index in [4.69, 9.17) is 37.4 Å². The SMILES string of the molecule is CN(CCCCc1cc(Cl)c(COC2(c3cnccc3-c3ccccc3OC3CC3)CC2)cc1Cl)C(=O)[C@H](O)[C@H](O)[C@@H](O)[C@H](O)CN1CCOCC1. The number of β-amino-alcohol motifs (C(OH)–C–C–N with tert-alkyl or cyclic N) is 1. The molecule has 11 nitrogen and oxygen atoms in total. The zero-order valence-electron chi connectivity index (χ0n) is 29.5. The van der Waals surface area contributed by atoms with E-state index in [0.29, 0.717) is 62.2 Å². The highest BCUT2D eigenvalue weighted by molar-refractivity contribution is 6.34. The number of likely N-dealkylation sites (N-methyl/N-ethyl adjacent to an activating group) is 1. The molecule has 0 spiro atoms. The van der Waals surface area contributed by atoms with Gasteiger partial charge in [-0.15, -0.1) is 0 Å². The summed E-state index contributed by atoms with van der Waals surface area (Å²) in [4.78, 5) is 20.5. The Morgan fingerprint density at radius 1 is 1.00 bits per heavy atom. The minimum absolute atomic E-state index is 0.0951. The van der Waals surface area contributed by atoms with E-state index >= 15 is 0 Å². The van der Waals surface area contributed by atoms with E-state index in [1.165, 1.54) is 11.9 Å². The molecule has 2 aromatic carbocycles. The van der Waals surface area contributed by atoms with Gasteiger partial charge in [0.2, 0.25) is 0 Å². The smallest absolute Gasteiger partial charge is 0.253 e. The summed E-state index contributed by atoms with van der Waals surface area (Å²) >= 11 is 13.5. The molecule has 2 heterocycles. The minimum atomic E-state index is -1.88. The van der Waals surface area contributed by atoms with Crippen molar-refractivity contribution in [3.05, 3.63) is 81.6 Å². The third-order valence-corrected chi connectivity index (χ3v) is 10.9. The molecule has 4 atom stereocenters. The summed E-state index contributed by atoms with van der Waals surface area (Å²) < 4.78 is 18.1. The Morgan fingerprint density at radius 2 is 1.71 bits per heavy atom. The van der Waals surface area contributed by atoms with Crippen molar-refractivity contribution in [1.82, 2.24) is 14.8 Å². The number of hydrogen-bond acceptors (Lipinski definition) is 10. The van der Waals surface area contributed by atoms with Crippen molar-refractivity contribution in [2.24, 2.45) is 0 Å². The molecule has 3 aliphatic rings. The van der Waals surface area contributed by atoms with Gasteiger partial charge in [-0.2, -0.15) is 0 Å². The lowest BCUT2D eigenvalue weighted by atomic mass is 9.96. The Labute approximate surface area is 315 Å². The molecule has 1 aromatic heterocycles. The first kappa shape index (κ1) is 38.9. The lowest BCUT2D eigenvalue weighted by Crippen LogP contribution is -2.54. The largest absolute Gasteiger partial charge is 0.490 e. The number of hydrogen-bond donors (Lipinski definition) is 4. The normalized spacial score (nSPS) is 19.4. The van der Waals surface area contributed by atoms with Gasteiger partial charge in [0.15, 0.2) is 6.10 Å². The van der Waals surface area contributed by atoms with Gasteiger partial charge >= 0.3 is 0 Å². The average molecular weight is 759 g/mol. The van der Waals surface area contributed by atoms with Crippen LogP contribution in [0.4, 0.5) is 0 Å². The minimum Gasteiger partial charge on any atom is -0.490 e. The molecule has 282 valence electrons. The van der Waals surface area contributed by atoms with Gasteiger partial charge in [0.1, 0.15) is 18.0 Å². The summed E-state index contributed by atoms with van der Waals surface area (Å²) in [6, 6.07) is 13.9. The van der Waals surface area contributed by atoms with Gasteiger partial charge in [-0.1, -0.05) is 41.4 Å². The zero-order chi connectivity index (χ0) is 36.8. The number of aryl methyl sites for hydroxylation is 1. The number of para-hydroxylation sites is 1. The van der Waals surface area contributed by atoms with Crippen molar-refractivity contribution in [3.8, 4) is 16.9 Å². The molecular formula is C39H49Cl2N3O8. The van der Waals surface area contributed by atoms with Gasteiger partial charge in [-0.05, 0) is 85.9 Å². The number of morpholine rings is 1. The first-order chi connectivity index (χ1) is 25.1. The number of pyridine rings is 1. The van der Waals surface area contributed by atoms with Crippen LogP contribution in [0.2, 0.25) is 10.0 Å². The van der Waals surface area contributed by atoms with Crippen LogP contribution >= 0.6 is 23.2 Å². The molecule has 0 radical (unpaired) electrons. The van der Waals surface area contributed by atoms with Crippen LogP contribution in [0, 0.1) is 0 Å². The second-order valence-electron chi connectivity index (χ2n) is 14.2. The van der Waals surface area contributed by atoms with Crippen molar-refractivity contribution in [2.45, 2.75) is 87.7 Å². The lowest BCUT2D eigenvalue weighted by Gasteiger charge is -2.32. The van der Waals surface area contributed by atoms with Crippen LogP contribution in [0.1, 0.15) is 55.2 Å². The number of aliphatic hydroxyl groups is 4. The Kier molecular flexibility index (Phi) is 13.1. The highest BCUT2D eigenvalue weighted by atomic mass is 35.5. The number of halogens is 2. The number of nitrogens with zero attached hydrogens (tertiary/aromatic N) is 3. The third-order valence-electron chi connectivity index (χ3n) is 10.2. The average Bonchev–Trinajstić information content (AvgIpc) is 4.11. The predicted octanol–water partition coefficient (Wildman–Crippen LogP) is 4.36. The fourth-order valence-electron chi connectivity index (χ4n) is 6.62. The summed E-state index contributed by atoms with van der Waals surface area (Å²) in [5, 5.41) is 42.9. The lowest BCUT2D eigenvalue weighted by molar-refractivity contribution is -0.156. The number of amides is 1. The molecule has 3 fully saturated rings. The van der Waals surface area contributed by atoms with Gasteiger partial charge in [0.25, 0.3) is 5.91 Å². The third kappa shape index (κ3) is 9.63. The quantitative estimate of drug-likeness (QED) is 0.138. The second-order valence-corrected chi connectivity index (χ2v) is 15.0. The van der Waals surface area contributed by atoms with E-state index < -0.39 is 35.9 Å². The highest BCUT2D eigenvalue weighted by Crippen LogP contribution is 2.53. The molecule has 0 unspecified atom stereocenters. The maximum Gasteiger partial charge on any atom is 0.253 e. The van der Waals surface area contributed by atoms with Crippen LogP contribution in [0.5, 0.6) is 5.75 Å². The molecule has 1 amide bonds. The molecule has 3 aromatic rings. The summed E-state index contributed by atoms with van der Waals surface area (Å²) in [6.07, 6.45) is 3.03. The van der Waals surface area contributed by atoms with Crippen LogP contribution in [0.15, 0.2) is 54.9 Å². The Hall–Kier alpha value is -2.84. The van der Waals surface area contributed by atoms with Gasteiger partial charge in [0, 0.05) is 66.8 Å². The van der Waals surface area contributed by atoms with Crippen molar-refractivity contribution >= 4 is 29.1 Å². The van der Waals surface area contributed by atoms with Crippen molar-refractivity contribution in [2.75, 3.05) is 46.4 Å². The molecule has 2 saturated carbocycles. The number of unbranched alkanes of at least 4 members (excludes halogenated alkanes) is 1. The zero-order valence-corrected chi connectivity index (χ0v) is 31.0. The summed E-state index contributed by atoms with van der Waals surface area (Å²) in [7, 11) is 1.52. The number of aliphatic hydroxyl groups excluding tert-OH is 4. The first-order valence-corrected chi connectivity index (χ1v) is 18.9. The maximum absolute atomic E-state index is 12.8. The Morgan fingerprint density at radius 3 is 2.44 bits per heavy atom. The molecule has 1 aliphatic heterocycles. The topological polar surface area (TPSA) is 145 Å². The van der Waals surface area contributed by atoms with Crippen LogP contribution in [-0.2, 0) is 32.9 Å². The van der Waals surface area contributed by atoms with Crippen molar-refractivity contribution < 1.29 is 39.4 Å². The van der Waals surface area contributed by atoms with Crippen LogP contribution < -0.4 is 4.74 Å². The van der Waals surface area contributed by atoms with Crippen LogP contribution in [-0.4, -0.2) is 118 Å². The van der Waals surface area contributed by atoms with E-state index in [2.05, 4.69) is 11.1 Å². The van der Waals surface area contributed by atoms with Crippen molar-refractivity contribution in [1.29, 1.82) is 0 Å². The van der Waals surface area contributed by atoms with E-state index in [9.17, 15) is 25.2 Å². The number of carbonyl (C=O) groups excluding carboxylic acids is 1. The van der Waals surface area contributed by atoms with Gasteiger partial charge in [-0.25, -0.2) is 0 Å². The first-order valence-electron chi connectivity index (χ1n) is 18.1. The van der Waals surface area contributed by atoms with Gasteiger partial charge in [-0.3, -0.25) is 14.7 Å². The van der Waals surface area contributed by atoms with Gasteiger partial charge in [0.05, 0.1) is 37.6 Å². The van der Waals surface area contributed by atoms with E-state index in [-0.39, 0.29) is 19.3 Å². The second kappa shape index (κ2) is 17.5. The standard InChI is InChI=1S/C39H49Cl2N3O8/c1-43(38(49)37(48)36(47)35(46)33(45)23-44-16-18-50-19-17-44)15-5-4-6-25-20-32(41)26(21-31(25)40)24-51-39(12-13-39)30-22-42-14-11-28(30)29-7-2-3-8-34(29)52-27-9-10-27/h2-3,7-8,11,14,20-22,27,33,35-37,45-48H,4-6,9-10,12-13,15-19,23-24H2,1H3/t33-,35+,36-,37-/m1/s1. The fraction of sp³-hybridized carbons (Fsp3) is 0.538. The molecule has 13 heteroatoms. The molecule has 52 heavy (non-hydrogen) atoms. The summed E-state index contributed by atoms with van der Waals surface area (Å²) in [5.41, 5.74) is 4.31. The Bertz CT molecular complexity index is 1670. The predicted molar refractivity (Wildman–Crippen MR) is 197 cm³/mol. The molecule has 4 N–H and O–H groups in total. The van der Waals surface area contributed by atoms with E-state index in [0.717, 1.165) is 59.3 Å². The number of rotatable bonds is 18. The summed E-state index contributed by atoms with van der Waals surface area (Å²) in [5.74, 6) is 0.137. The number of benzene rings is 2. The monoisotopic (exact) mass is 757 g/mol. The highest BCUT2D eigenvalue weighted by Gasteiger charge is 2.48. The van der Waals surface area contributed by atoms with Gasteiger partial charge < -0.3 is 39.5 Å². The summed E-state index contributed by atoms with van der Waals surface area (Å²) in [6.45, 7) is 2.88. The van der Waals surface area contributed by atoms with Crippen molar-refractivity contribution in [3.63, 3.8) is 0 Å². The van der Waals surface area contributed by atoms with Crippen LogP contribution in [0.3, 0.4) is 0 Å². The fourth-order valence-corrected chi connectivity index (χ4v) is 7.14. The molecule has 2 aliphatic carbocycles. The Balaban J connectivity index is 0.985. The molecule has 6 rings (SSSR count).